The Balaban J connectivity index is -0.0000000283. The van der Waals surface area contributed by atoms with E-state index in [9.17, 15) is 0 Å². The molecule has 0 aromatic rings. The second-order valence-electron chi connectivity index (χ2n) is 7.04. The van der Waals surface area contributed by atoms with Gasteiger partial charge in [-0.3, -0.25) is 0 Å². The average Bonchev–Trinajstić information content (AvgIpc) is 2.02. The maximum atomic E-state index is 2.33. The molecular formula is C13H45RfSi5. The molecule has 0 fully saturated rings. The molecule has 0 aromatic heterocycles. The van der Waals surface area contributed by atoms with E-state index in [1.165, 1.54) is 10.2 Å². The van der Waals surface area contributed by atoms with E-state index in [1.54, 1.807) is 0 Å². The Morgan fingerprint density at radius 2 is 0.684 bits per heavy atom. The molecule has 0 unspecified atom stereocenters. The first-order chi connectivity index (χ1) is 7.88. The molecular weight excluding hydrogens is 564 g/mol. The molecule has 0 aromatic carbocycles. The molecule has 0 N–H and O–H groups in total. The molecule has 6 heteroatoms. The second-order valence-corrected chi connectivity index (χ2v) is 21.1. The van der Waals surface area contributed by atoms with Gasteiger partial charge in [-0.15, -0.1) is 0 Å². The van der Waals surface area contributed by atoms with Gasteiger partial charge >= 0.3 is 0 Å². The normalized spacial score (nSPS) is 8.37. The summed E-state index contributed by atoms with van der Waals surface area (Å²) in [5.41, 5.74) is 0. The molecule has 0 bridgehead atoms. The van der Waals surface area contributed by atoms with Crippen LogP contribution in [0.4, 0.5) is 0 Å². The molecule has 0 heterocycles. The van der Waals surface area contributed by atoms with Crippen LogP contribution >= 0.6 is 0 Å². The van der Waals surface area contributed by atoms with E-state index in [4.69, 9.17) is 0 Å². The van der Waals surface area contributed by atoms with Crippen molar-refractivity contribution < 1.29 is 0 Å². The van der Waals surface area contributed by atoms with Crippen LogP contribution in [0.25, 0.3) is 0 Å². The largest absolute Gasteiger partial charge is 0.0777 e. The van der Waals surface area contributed by atoms with Gasteiger partial charge in [0.2, 0.25) is 0 Å². The summed E-state index contributed by atoms with van der Waals surface area (Å²) in [5, 5.41) is 0. The summed E-state index contributed by atoms with van der Waals surface area (Å²) in [6.07, 6.45) is 0. The maximum Gasteiger partial charge on any atom is 0.0411 e. The van der Waals surface area contributed by atoms with Gasteiger partial charge in [0, 0.05) is 35.2 Å². The first-order valence-electron chi connectivity index (χ1n) is 7.62. The molecule has 1 radical (unpaired) electrons. The van der Waals surface area contributed by atoms with Crippen molar-refractivity contribution in [2.45, 2.75) is 85.1 Å². The van der Waals surface area contributed by atoms with Crippen molar-refractivity contribution in [2.75, 3.05) is 0 Å². The minimum absolute atomic E-state index is 0. The zero-order valence-electron chi connectivity index (χ0n) is 16.9. The van der Waals surface area contributed by atoms with Crippen molar-refractivity contribution in [3.05, 3.63) is 0 Å². The SMILES string of the molecule is C[SiH3].C[SiH](C)C.C[SiH](C)C.C[SiH]C.C[Si](C)(C)C.[Rf]. The first-order valence-corrected chi connectivity index (χ1v) is 22.9. The number of rotatable bonds is 0. The fraction of sp³-hybridized carbons (Fsp3) is 1.00. The Bertz CT molecular complexity index is 86.2. The van der Waals surface area contributed by atoms with E-state index in [0.717, 1.165) is 9.52 Å². The van der Waals surface area contributed by atoms with Gasteiger partial charge in [0.05, 0.1) is 0 Å². The molecule has 0 atom stereocenters. The average molecular weight is 609 g/mol. The summed E-state index contributed by atoms with van der Waals surface area (Å²) in [5.74, 6) is 0. The predicted octanol–water partition coefficient (Wildman–Crippen LogP) is 4.08. The van der Waals surface area contributed by atoms with Crippen LogP contribution in [0.15, 0.2) is 0 Å². The van der Waals surface area contributed by atoms with Crippen LogP contribution in [0.5, 0.6) is 0 Å². The topological polar surface area (TPSA) is 0 Å². The van der Waals surface area contributed by atoms with Crippen molar-refractivity contribution in [3.8, 4) is 0 Å². The molecule has 0 aliphatic rings. The third-order valence-corrected chi connectivity index (χ3v) is 0. The first kappa shape index (κ1) is 36.5. The Kier molecular flexibility index (Phi) is 59.2. The van der Waals surface area contributed by atoms with Crippen molar-refractivity contribution >= 4 is 45.4 Å². The molecule has 0 amide bonds. The van der Waals surface area contributed by atoms with Crippen molar-refractivity contribution in [1.29, 1.82) is 0 Å². The molecule has 119 valence electrons. The van der Waals surface area contributed by atoms with Crippen LogP contribution in [0.2, 0.25) is 85.1 Å². The van der Waals surface area contributed by atoms with E-state index in [1.807, 2.05) is 0 Å². The van der Waals surface area contributed by atoms with Crippen LogP contribution in [0.1, 0.15) is 0 Å². The van der Waals surface area contributed by atoms with Crippen LogP contribution in [0.3, 0.4) is 0 Å². The predicted molar refractivity (Wildman–Crippen MR) is 113 cm³/mol. The summed E-state index contributed by atoms with van der Waals surface area (Å²) in [4.78, 5) is 0. The van der Waals surface area contributed by atoms with Crippen LogP contribution in [-0.2, 0) is 0 Å². The van der Waals surface area contributed by atoms with E-state index < -0.39 is 8.07 Å². The van der Waals surface area contributed by atoms with Gasteiger partial charge in [0.1, 0.15) is 0 Å². The molecule has 0 nitrogen and oxygen atoms in total. The Morgan fingerprint density at radius 3 is 0.684 bits per heavy atom. The van der Waals surface area contributed by atoms with Crippen LogP contribution < -0.4 is 0 Å². The molecule has 0 spiro atoms. The summed E-state index contributed by atoms with van der Waals surface area (Å²) < 4.78 is 0. The van der Waals surface area contributed by atoms with Gasteiger partial charge in [0.15, 0.2) is 0 Å². The van der Waals surface area contributed by atoms with Gasteiger partial charge in [-0.1, -0.05) is 85.1 Å². The Hall–Kier alpha value is 0.0844. The van der Waals surface area contributed by atoms with Gasteiger partial charge in [0.25, 0.3) is 0 Å². The summed E-state index contributed by atoms with van der Waals surface area (Å²) in [7, 11) is 1.17. The smallest absolute Gasteiger partial charge is 0.0411 e. The van der Waals surface area contributed by atoms with Gasteiger partial charge < -0.3 is 0 Å². The van der Waals surface area contributed by atoms with E-state index in [2.05, 4.69) is 85.1 Å². The van der Waals surface area contributed by atoms with Crippen LogP contribution in [-0.4, -0.2) is 45.4 Å². The Labute approximate surface area is 130 Å². The van der Waals surface area contributed by atoms with E-state index in [-0.39, 0.29) is 17.6 Å². The fourth-order valence-corrected chi connectivity index (χ4v) is 0. The zero-order valence-corrected chi connectivity index (χ0v) is 29.8. The summed E-state index contributed by atoms with van der Waals surface area (Å²) in [6, 6.07) is 0. The van der Waals surface area contributed by atoms with Crippen LogP contribution in [0, 0.1) is 0 Å². The minimum Gasteiger partial charge on any atom is -0.0777 e. The standard InChI is InChI=1S/C4H12Si.2C3H10Si.C2H7Si.CH6Si.Rf/c1-5(2,3)4;2*1-4(2)3;1-3-2;1-2;/h1-4H3;2*4H,1-3H3;3H,1-2H3;1-2H3;. The monoisotopic (exact) mass is 608 g/mol. The summed E-state index contributed by atoms with van der Waals surface area (Å²) >= 11 is 0. The fourth-order valence-electron chi connectivity index (χ4n) is 0. The van der Waals surface area contributed by atoms with Crippen molar-refractivity contribution in [2.24, 2.45) is 0 Å². The van der Waals surface area contributed by atoms with E-state index >= 15 is 0 Å². The second kappa shape index (κ2) is 30.8. The summed E-state index contributed by atoms with van der Waals surface area (Å²) in [6.45, 7) is 29.7. The van der Waals surface area contributed by atoms with Gasteiger partial charge in [-0.2, -0.15) is 0 Å². The molecule has 0 saturated heterocycles. The Morgan fingerprint density at radius 1 is 0.684 bits per heavy atom. The molecule has 0 aliphatic heterocycles. The molecule has 0 rings (SSSR count). The molecule has 0 aliphatic carbocycles. The third kappa shape index (κ3) is 657000. The van der Waals surface area contributed by atoms with E-state index in [0.29, 0.717) is 0 Å². The molecule has 19 heavy (non-hydrogen) atoms. The third-order valence-electron chi connectivity index (χ3n) is 0. The molecule has 0 saturated carbocycles. The number of hydrogen-bond acceptors (Lipinski definition) is 0. The van der Waals surface area contributed by atoms with Crippen molar-refractivity contribution in [3.63, 3.8) is 0 Å². The van der Waals surface area contributed by atoms with Gasteiger partial charge in [-0.25, -0.2) is 0 Å². The maximum absolute atomic E-state index is 2.33. The quantitative estimate of drug-likeness (QED) is 0.364. The van der Waals surface area contributed by atoms with Gasteiger partial charge in [-0.05, 0) is 10.2 Å². The zero-order chi connectivity index (χ0) is 16.4. The number of hydrogen-bond donors (Lipinski definition) is 0. The minimum atomic E-state index is -0.611. The van der Waals surface area contributed by atoms with Crippen molar-refractivity contribution in [1.82, 2.24) is 0 Å².